The zero-order valence-electron chi connectivity index (χ0n) is 15.7. The van der Waals surface area contributed by atoms with Gasteiger partial charge in [0.25, 0.3) is 0 Å². The van der Waals surface area contributed by atoms with Gasteiger partial charge in [0.05, 0.1) is 11.4 Å². The third kappa shape index (κ3) is 6.09. The minimum atomic E-state index is -0.0742. The molecule has 3 rings (SSSR count). The van der Waals surface area contributed by atoms with Crippen LogP contribution >= 0.6 is 0 Å². The maximum absolute atomic E-state index is 12.3. The van der Waals surface area contributed by atoms with Crippen molar-refractivity contribution >= 4 is 23.2 Å². The zero-order chi connectivity index (χ0) is 19.6. The zero-order valence-corrected chi connectivity index (χ0v) is 15.7. The fourth-order valence-corrected chi connectivity index (χ4v) is 2.93. The van der Waals surface area contributed by atoms with E-state index in [-0.39, 0.29) is 11.8 Å². The fourth-order valence-electron chi connectivity index (χ4n) is 2.93. The molecule has 142 valence electrons. The summed E-state index contributed by atoms with van der Waals surface area (Å²) >= 11 is 0. The fraction of sp³-hybridized carbons (Fsp3) is 0.167. The predicted octanol–water partition coefficient (Wildman–Crippen LogP) is 4.83. The Kier molecular flexibility index (Phi) is 6.96. The molecule has 0 bridgehead atoms. The molecule has 2 N–H and O–H groups in total. The van der Waals surface area contributed by atoms with Gasteiger partial charge in [-0.1, -0.05) is 72.8 Å². The average Bonchev–Trinajstić information content (AvgIpc) is 2.74. The largest absolute Gasteiger partial charge is 0.324 e. The first-order valence-electron chi connectivity index (χ1n) is 9.47. The molecule has 2 amide bonds. The number of hydrogen-bond acceptors (Lipinski definition) is 2. The Bertz CT molecular complexity index is 832. The van der Waals surface area contributed by atoms with Crippen LogP contribution in [0, 0.1) is 0 Å². The van der Waals surface area contributed by atoms with Crippen molar-refractivity contribution in [1.29, 1.82) is 0 Å². The lowest BCUT2D eigenvalue weighted by Crippen LogP contribution is -2.17. The molecule has 4 nitrogen and oxygen atoms in total. The van der Waals surface area contributed by atoms with Gasteiger partial charge in [0.15, 0.2) is 0 Å². The van der Waals surface area contributed by atoms with Crippen LogP contribution in [-0.2, 0) is 22.4 Å². The Morgan fingerprint density at radius 1 is 0.536 bits per heavy atom. The predicted molar refractivity (Wildman–Crippen MR) is 113 cm³/mol. The highest BCUT2D eigenvalue weighted by atomic mass is 16.2. The molecule has 28 heavy (non-hydrogen) atoms. The van der Waals surface area contributed by atoms with E-state index in [4.69, 9.17) is 0 Å². The molecule has 0 radical (unpaired) electrons. The second-order valence-electron chi connectivity index (χ2n) is 6.61. The van der Waals surface area contributed by atoms with Gasteiger partial charge in [-0.3, -0.25) is 9.59 Å². The summed E-state index contributed by atoms with van der Waals surface area (Å²) in [5.41, 5.74) is 3.49. The Labute approximate surface area is 165 Å². The number of carbonyl (C=O) groups excluding carboxylic acids is 2. The van der Waals surface area contributed by atoms with Gasteiger partial charge in [-0.2, -0.15) is 0 Å². The molecule has 0 heterocycles. The highest BCUT2D eigenvalue weighted by molar-refractivity contribution is 5.99. The molecule has 0 aliphatic rings. The van der Waals surface area contributed by atoms with E-state index in [2.05, 4.69) is 10.6 Å². The Morgan fingerprint density at radius 3 is 1.29 bits per heavy atom. The summed E-state index contributed by atoms with van der Waals surface area (Å²) in [6.45, 7) is 0. The van der Waals surface area contributed by atoms with Crippen molar-refractivity contribution in [3.05, 3.63) is 96.1 Å². The van der Waals surface area contributed by atoms with Gasteiger partial charge in [0, 0.05) is 12.8 Å². The second-order valence-corrected chi connectivity index (χ2v) is 6.61. The summed E-state index contributed by atoms with van der Waals surface area (Å²) in [6.07, 6.45) is 2.14. The maximum atomic E-state index is 12.3. The van der Waals surface area contributed by atoms with Crippen molar-refractivity contribution < 1.29 is 9.59 Å². The van der Waals surface area contributed by atoms with Crippen LogP contribution in [0.5, 0.6) is 0 Å². The summed E-state index contributed by atoms with van der Waals surface area (Å²) in [5.74, 6) is -0.148. The van der Waals surface area contributed by atoms with E-state index in [1.807, 2.05) is 72.8 Å². The lowest BCUT2D eigenvalue weighted by molar-refractivity contribution is -0.117. The van der Waals surface area contributed by atoms with E-state index in [1.54, 1.807) is 12.1 Å². The van der Waals surface area contributed by atoms with Crippen molar-refractivity contribution in [3.63, 3.8) is 0 Å². The first kappa shape index (κ1) is 19.4. The van der Waals surface area contributed by atoms with Crippen LogP contribution in [0.4, 0.5) is 11.4 Å². The summed E-state index contributed by atoms with van der Waals surface area (Å²) in [5, 5.41) is 5.81. The molecule has 0 saturated heterocycles. The van der Waals surface area contributed by atoms with E-state index >= 15 is 0 Å². The Morgan fingerprint density at radius 2 is 0.893 bits per heavy atom. The average molecular weight is 372 g/mol. The van der Waals surface area contributed by atoms with Crippen LogP contribution in [0.1, 0.15) is 24.0 Å². The molecule has 0 aliphatic carbocycles. The molecule has 3 aromatic carbocycles. The van der Waals surface area contributed by atoms with Crippen LogP contribution in [0.15, 0.2) is 84.9 Å². The minimum Gasteiger partial charge on any atom is -0.324 e. The lowest BCUT2D eigenvalue weighted by Gasteiger charge is -2.12. The summed E-state index contributed by atoms with van der Waals surface area (Å²) in [6, 6.07) is 27.1. The van der Waals surface area contributed by atoms with Gasteiger partial charge >= 0.3 is 0 Å². The van der Waals surface area contributed by atoms with E-state index in [0.717, 1.165) is 11.1 Å². The number of benzene rings is 3. The molecule has 0 saturated carbocycles. The molecule has 0 aliphatic heterocycles. The molecule has 3 aromatic rings. The van der Waals surface area contributed by atoms with Crippen molar-refractivity contribution in [1.82, 2.24) is 0 Å². The highest BCUT2D eigenvalue weighted by Gasteiger charge is 2.10. The van der Waals surface area contributed by atoms with Gasteiger partial charge in [-0.05, 0) is 36.1 Å². The number of amides is 2. The molecule has 0 aromatic heterocycles. The van der Waals surface area contributed by atoms with Gasteiger partial charge in [-0.15, -0.1) is 0 Å². The Balaban J connectivity index is 1.53. The maximum Gasteiger partial charge on any atom is 0.224 e. The molecule has 4 heteroatoms. The minimum absolute atomic E-state index is 0.0742. The first-order valence-corrected chi connectivity index (χ1v) is 9.47. The van der Waals surface area contributed by atoms with Crippen molar-refractivity contribution in [2.45, 2.75) is 25.7 Å². The van der Waals surface area contributed by atoms with Crippen molar-refractivity contribution in [2.75, 3.05) is 10.6 Å². The smallest absolute Gasteiger partial charge is 0.224 e. The molecular weight excluding hydrogens is 348 g/mol. The van der Waals surface area contributed by atoms with Crippen molar-refractivity contribution in [2.24, 2.45) is 0 Å². The summed E-state index contributed by atoms with van der Waals surface area (Å²) in [4.78, 5) is 24.6. The van der Waals surface area contributed by atoms with Gasteiger partial charge in [-0.25, -0.2) is 0 Å². The van der Waals surface area contributed by atoms with Crippen molar-refractivity contribution in [3.8, 4) is 0 Å². The molecule has 0 unspecified atom stereocenters. The van der Waals surface area contributed by atoms with Crippen LogP contribution in [-0.4, -0.2) is 11.8 Å². The molecule has 0 fully saturated rings. The highest BCUT2D eigenvalue weighted by Crippen LogP contribution is 2.22. The number of para-hydroxylation sites is 2. The number of rotatable bonds is 8. The third-order valence-corrected chi connectivity index (χ3v) is 4.44. The molecule has 0 atom stereocenters. The van der Waals surface area contributed by atoms with E-state index < -0.39 is 0 Å². The number of aryl methyl sites for hydroxylation is 2. The van der Waals surface area contributed by atoms with E-state index in [0.29, 0.717) is 37.1 Å². The first-order chi connectivity index (χ1) is 13.7. The lowest BCUT2D eigenvalue weighted by atomic mass is 10.1. The van der Waals surface area contributed by atoms with Crippen LogP contribution < -0.4 is 10.6 Å². The number of nitrogens with one attached hydrogen (secondary N) is 2. The van der Waals surface area contributed by atoms with E-state index in [9.17, 15) is 9.59 Å². The number of hydrogen-bond donors (Lipinski definition) is 2. The monoisotopic (exact) mass is 372 g/mol. The van der Waals surface area contributed by atoms with Gasteiger partial charge < -0.3 is 10.6 Å². The number of carbonyl (C=O) groups is 2. The quantitative estimate of drug-likeness (QED) is 0.595. The summed E-state index contributed by atoms with van der Waals surface area (Å²) < 4.78 is 0. The second kappa shape index (κ2) is 10.1. The normalized spacial score (nSPS) is 10.3. The molecular formula is C24H24N2O2. The van der Waals surface area contributed by atoms with Crippen LogP contribution in [0.25, 0.3) is 0 Å². The SMILES string of the molecule is O=C(CCc1ccccc1)Nc1ccccc1NC(=O)CCc1ccccc1. The van der Waals surface area contributed by atoms with Crippen LogP contribution in [0.3, 0.4) is 0 Å². The van der Waals surface area contributed by atoms with E-state index in [1.165, 1.54) is 0 Å². The molecule has 0 spiro atoms. The topological polar surface area (TPSA) is 58.2 Å². The third-order valence-electron chi connectivity index (χ3n) is 4.44. The van der Waals surface area contributed by atoms with Gasteiger partial charge in [0.1, 0.15) is 0 Å². The Hall–Kier alpha value is -3.40. The van der Waals surface area contributed by atoms with Crippen LogP contribution in [0.2, 0.25) is 0 Å². The van der Waals surface area contributed by atoms with Gasteiger partial charge in [0.2, 0.25) is 11.8 Å². The summed E-state index contributed by atoms with van der Waals surface area (Å²) in [7, 11) is 0. The standard InChI is InChI=1S/C24H24N2O2/c27-23(17-15-19-9-3-1-4-10-19)25-21-13-7-8-14-22(21)26-24(28)18-16-20-11-5-2-6-12-20/h1-14H,15-18H2,(H,25,27)(H,26,28). The number of anilines is 2.